The zero-order chi connectivity index (χ0) is 21.9. The van der Waals surface area contributed by atoms with E-state index >= 15 is 0 Å². The smallest absolute Gasteiger partial charge is 0.330 e. The molecule has 156 valence electrons. The largest absolute Gasteiger partial charge is 0.481 e. The summed E-state index contributed by atoms with van der Waals surface area (Å²) in [5.41, 5.74) is -0.306. The summed E-state index contributed by atoms with van der Waals surface area (Å²) in [6.45, 7) is 9.77. The third-order valence-electron chi connectivity index (χ3n) is 2.31. The highest BCUT2D eigenvalue weighted by molar-refractivity contribution is 5.81. The van der Waals surface area contributed by atoms with Crippen LogP contribution in [0.25, 0.3) is 0 Å². The molecular formula is C17H28O10. The molecule has 0 rings (SSSR count). The Balaban J connectivity index is -0.000000326. The molecule has 0 aromatic rings. The first-order chi connectivity index (χ1) is 12.4. The highest BCUT2D eigenvalue weighted by Gasteiger charge is 2.13. The number of aliphatic carboxylic acids is 2. The number of aliphatic hydroxyl groups is 2. The number of ether oxygens (including phenoxy) is 2. The number of esters is 2. The molecule has 0 bridgehead atoms. The number of carboxylic acids is 2. The zero-order valence-corrected chi connectivity index (χ0v) is 15.5. The maximum absolute atomic E-state index is 10.3. The molecule has 0 aromatic heterocycles. The van der Waals surface area contributed by atoms with E-state index in [4.69, 9.17) is 20.4 Å². The van der Waals surface area contributed by atoms with Crippen molar-refractivity contribution < 1.29 is 49.1 Å². The average Bonchev–Trinajstić information content (AvgIpc) is 2.61. The van der Waals surface area contributed by atoms with Gasteiger partial charge in [0.25, 0.3) is 0 Å². The van der Waals surface area contributed by atoms with Gasteiger partial charge in [0.2, 0.25) is 0 Å². The lowest BCUT2D eigenvalue weighted by Gasteiger charge is -2.16. The second-order valence-electron chi connectivity index (χ2n) is 5.51. The van der Waals surface area contributed by atoms with Crippen LogP contribution in [-0.4, -0.2) is 70.7 Å². The monoisotopic (exact) mass is 392 g/mol. The van der Waals surface area contributed by atoms with Gasteiger partial charge in [0.15, 0.2) is 0 Å². The van der Waals surface area contributed by atoms with Crippen molar-refractivity contribution in [1.29, 1.82) is 0 Å². The first-order valence-electron chi connectivity index (χ1n) is 7.69. The van der Waals surface area contributed by atoms with Gasteiger partial charge in [0.05, 0.1) is 26.1 Å². The second-order valence-corrected chi connectivity index (χ2v) is 5.51. The van der Waals surface area contributed by atoms with Crippen LogP contribution >= 0.6 is 0 Å². The van der Waals surface area contributed by atoms with Crippen LogP contribution in [-0.2, 0) is 28.7 Å². The highest BCUT2D eigenvalue weighted by Crippen LogP contribution is 2.10. The molecule has 27 heavy (non-hydrogen) atoms. The standard InChI is InChI=1S/2C6H8O4.C5H12O2/c2*1-2-6(9)10-4-3-5(7)8;1-5(2,3-6)4-7/h2*2H,1,3-4H2,(H,7,8);6-7H,3-4H2,1-2H3. The number of carboxylic acid groups (broad SMARTS) is 2. The number of hydrogen-bond acceptors (Lipinski definition) is 8. The SMILES string of the molecule is C=CC(=O)OCCC(=O)O.C=CC(=O)OCCC(=O)O.CC(C)(CO)CO. The van der Waals surface area contributed by atoms with Crippen LogP contribution in [0.2, 0.25) is 0 Å². The van der Waals surface area contributed by atoms with E-state index < -0.39 is 23.9 Å². The van der Waals surface area contributed by atoms with E-state index in [-0.39, 0.29) is 44.7 Å². The van der Waals surface area contributed by atoms with E-state index in [2.05, 4.69) is 22.6 Å². The summed E-state index contributed by atoms with van der Waals surface area (Å²) in [5, 5.41) is 33.0. The van der Waals surface area contributed by atoms with Crippen LogP contribution in [0.4, 0.5) is 0 Å². The molecule has 0 atom stereocenters. The van der Waals surface area contributed by atoms with Crippen molar-refractivity contribution in [3.63, 3.8) is 0 Å². The lowest BCUT2D eigenvalue weighted by molar-refractivity contribution is -0.144. The Hall–Kier alpha value is -2.72. The number of carbonyl (C=O) groups is 4. The molecule has 0 aliphatic rings. The topological polar surface area (TPSA) is 168 Å². The molecule has 0 unspecified atom stereocenters. The Bertz CT molecular complexity index is 440. The van der Waals surface area contributed by atoms with Crippen LogP contribution in [0.3, 0.4) is 0 Å². The van der Waals surface area contributed by atoms with Crippen LogP contribution < -0.4 is 0 Å². The zero-order valence-electron chi connectivity index (χ0n) is 15.5. The fraction of sp³-hybridized carbons (Fsp3) is 0.529. The molecule has 0 spiro atoms. The molecule has 0 radical (unpaired) electrons. The van der Waals surface area contributed by atoms with Gasteiger partial charge >= 0.3 is 23.9 Å². The van der Waals surface area contributed by atoms with E-state index in [1.165, 1.54) is 0 Å². The molecule has 0 saturated carbocycles. The molecule has 0 fully saturated rings. The van der Waals surface area contributed by atoms with Crippen LogP contribution in [0.15, 0.2) is 25.3 Å². The molecule has 0 aliphatic carbocycles. The Morgan fingerprint density at radius 2 is 1.11 bits per heavy atom. The normalized spacial score (nSPS) is 9.33. The summed E-state index contributed by atoms with van der Waals surface area (Å²) < 4.78 is 8.73. The molecular weight excluding hydrogens is 364 g/mol. The number of aliphatic hydroxyl groups excluding tert-OH is 2. The van der Waals surface area contributed by atoms with Gasteiger partial charge in [-0.2, -0.15) is 0 Å². The van der Waals surface area contributed by atoms with E-state index in [1.807, 2.05) is 0 Å². The van der Waals surface area contributed by atoms with Gasteiger partial charge in [0.1, 0.15) is 13.2 Å². The van der Waals surface area contributed by atoms with Crippen molar-refractivity contribution in [3.8, 4) is 0 Å². The van der Waals surface area contributed by atoms with Gasteiger partial charge < -0.3 is 29.9 Å². The van der Waals surface area contributed by atoms with Gasteiger partial charge in [-0.15, -0.1) is 0 Å². The number of hydrogen-bond donors (Lipinski definition) is 4. The Kier molecular flexibility index (Phi) is 19.5. The quantitative estimate of drug-likeness (QED) is 0.301. The lowest BCUT2D eigenvalue weighted by Crippen LogP contribution is -2.20. The van der Waals surface area contributed by atoms with Crippen LogP contribution in [0.1, 0.15) is 26.7 Å². The second kappa shape index (κ2) is 18.1. The molecule has 10 nitrogen and oxygen atoms in total. The fourth-order valence-electron chi connectivity index (χ4n) is 0.646. The van der Waals surface area contributed by atoms with Crippen molar-refractivity contribution in [2.45, 2.75) is 26.7 Å². The van der Waals surface area contributed by atoms with E-state index in [0.717, 1.165) is 12.2 Å². The maximum Gasteiger partial charge on any atom is 0.330 e. The lowest BCUT2D eigenvalue weighted by atomic mass is 9.97. The van der Waals surface area contributed by atoms with Crippen molar-refractivity contribution in [3.05, 3.63) is 25.3 Å². The minimum absolute atomic E-state index is 0.0451. The summed E-state index contributed by atoms with van der Waals surface area (Å²) in [6, 6.07) is 0. The first kappa shape index (κ1) is 29.1. The summed E-state index contributed by atoms with van der Waals surface area (Å²) in [5.74, 6) is -3.17. The third kappa shape index (κ3) is 28.4. The van der Waals surface area contributed by atoms with Crippen molar-refractivity contribution in [2.75, 3.05) is 26.4 Å². The fourth-order valence-corrected chi connectivity index (χ4v) is 0.646. The van der Waals surface area contributed by atoms with Crippen molar-refractivity contribution in [1.82, 2.24) is 0 Å². The van der Waals surface area contributed by atoms with Gasteiger partial charge in [0, 0.05) is 17.6 Å². The minimum atomic E-state index is -0.989. The summed E-state index contributed by atoms with van der Waals surface area (Å²) >= 11 is 0. The number of carbonyl (C=O) groups excluding carboxylic acids is 2. The summed E-state index contributed by atoms with van der Waals surface area (Å²) in [4.78, 5) is 40.2. The van der Waals surface area contributed by atoms with Gasteiger partial charge in [-0.1, -0.05) is 27.0 Å². The minimum Gasteiger partial charge on any atom is -0.481 e. The molecule has 4 N–H and O–H groups in total. The predicted octanol–water partition coefficient (Wildman–Crippen LogP) is 0.378. The summed E-state index contributed by atoms with van der Waals surface area (Å²) in [6.07, 6.45) is 1.64. The summed E-state index contributed by atoms with van der Waals surface area (Å²) in [7, 11) is 0. The Morgan fingerprint density at radius 3 is 1.26 bits per heavy atom. The van der Waals surface area contributed by atoms with E-state index in [1.54, 1.807) is 13.8 Å². The molecule has 0 heterocycles. The van der Waals surface area contributed by atoms with Gasteiger partial charge in [-0.25, -0.2) is 9.59 Å². The van der Waals surface area contributed by atoms with Gasteiger partial charge in [-0.3, -0.25) is 9.59 Å². The molecule has 0 aliphatic heterocycles. The van der Waals surface area contributed by atoms with E-state index in [0.29, 0.717) is 0 Å². The highest BCUT2D eigenvalue weighted by atomic mass is 16.5. The molecule has 0 amide bonds. The Morgan fingerprint density at radius 1 is 0.815 bits per heavy atom. The van der Waals surface area contributed by atoms with Crippen LogP contribution in [0, 0.1) is 5.41 Å². The predicted molar refractivity (Wildman–Crippen MR) is 94.8 cm³/mol. The third-order valence-corrected chi connectivity index (χ3v) is 2.31. The van der Waals surface area contributed by atoms with E-state index in [9.17, 15) is 19.2 Å². The Labute approximate surface area is 157 Å². The molecule has 0 aromatic carbocycles. The van der Waals surface area contributed by atoms with Gasteiger partial charge in [-0.05, 0) is 0 Å². The molecule has 0 saturated heterocycles. The van der Waals surface area contributed by atoms with Crippen molar-refractivity contribution >= 4 is 23.9 Å². The number of rotatable bonds is 10. The first-order valence-corrected chi connectivity index (χ1v) is 7.69. The van der Waals surface area contributed by atoms with Crippen LogP contribution in [0.5, 0.6) is 0 Å². The average molecular weight is 392 g/mol. The molecule has 10 heteroatoms. The van der Waals surface area contributed by atoms with Crippen molar-refractivity contribution in [2.24, 2.45) is 5.41 Å². The maximum atomic E-state index is 10.3.